The number of hydrogen-bond acceptors (Lipinski definition) is 6. The molecule has 0 radical (unpaired) electrons. The maximum Gasteiger partial charge on any atom is 0.337 e. The molecule has 0 saturated heterocycles. The first-order chi connectivity index (χ1) is 13.0. The topological polar surface area (TPSA) is 97.9 Å². The molecular formula is C18H19N3O5S. The van der Waals surface area contributed by atoms with Gasteiger partial charge in [0, 0.05) is 5.69 Å². The number of benzene rings is 2. The Hall–Kier alpha value is -3.33. The molecule has 0 atom stereocenters. The molecule has 3 N–H and O–H groups in total. The van der Waals surface area contributed by atoms with E-state index >= 15 is 0 Å². The zero-order chi connectivity index (χ0) is 19.6. The summed E-state index contributed by atoms with van der Waals surface area (Å²) in [5.74, 6) is 0.300. The number of methoxy groups -OCH3 is 2. The molecule has 0 heterocycles. The molecule has 0 unspecified atom stereocenters. The number of thiocarbonyl (C=S) groups is 1. The number of ether oxygens (including phenoxy) is 3. The Balaban J connectivity index is 1.72. The van der Waals surface area contributed by atoms with E-state index in [9.17, 15) is 9.59 Å². The summed E-state index contributed by atoms with van der Waals surface area (Å²) in [6.07, 6.45) is 0. The van der Waals surface area contributed by atoms with E-state index in [4.69, 9.17) is 21.7 Å². The van der Waals surface area contributed by atoms with Gasteiger partial charge in [-0.2, -0.15) is 0 Å². The van der Waals surface area contributed by atoms with Gasteiger partial charge in [0.1, 0.15) is 11.5 Å². The molecule has 1 amide bonds. The average molecular weight is 389 g/mol. The lowest BCUT2D eigenvalue weighted by atomic mass is 10.2. The number of anilines is 1. The first-order valence-electron chi connectivity index (χ1n) is 7.83. The largest absolute Gasteiger partial charge is 0.497 e. The van der Waals surface area contributed by atoms with Crippen molar-refractivity contribution in [2.75, 3.05) is 26.1 Å². The van der Waals surface area contributed by atoms with Crippen molar-refractivity contribution in [3.05, 3.63) is 54.1 Å². The minimum atomic E-state index is -0.443. The molecule has 2 rings (SSSR count). The van der Waals surface area contributed by atoms with E-state index < -0.39 is 11.9 Å². The Morgan fingerprint density at radius 3 is 2.15 bits per heavy atom. The van der Waals surface area contributed by atoms with E-state index in [1.165, 1.54) is 7.11 Å². The van der Waals surface area contributed by atoms with Crippen LogP contribution < -0.4 is 25.6 Å². The van der Waals surface area contributed by atoms with Gasteiger partial charge in [0.05, 0.1) is 19.8 Å². The number of rotatable bonds is 6. The molecule has 0 fully saturated rings. The first-order valence-corrected chi connectivity index (χ1v) is 8.23. The lowest BCUT2D eigenvalue weighted by Gasteiger charge is -2.12. The number of esters is 1. The van der Waals surface area contributed by atoms with Crippen LogP contribution in [0.5, 0.6) is 11.5 Å². The van der Waals surface area contributed by atoms with Gasteiger partial charge in [0.25, 0.3) is 5.91 Å². The van der Waals surface area contributed by atoms with Crippen LogP contribution in [0.3, 0.4) is 0 Å². The van der Waals surface area contributed by atoms with Gasteiger partial charge in [-0.15, -0.1) is 0 Å². The Kier molecular flexibility index (Phi) is 7.38. The minimum absolute atomic E-state index is 0.218. The van der Waals surface area contributed by atoms with Crippen molar-refractivity contribution < 1.29 is 23.8 Å². The Labute approximate surface area is 161 Å². The molecule has 27 heavy (non-hydrogen) atoms. The molecule has 2 aromatic rings. The van der Waals surface area contributed by atoms with Crippen molar-refractivity contribution in [3.63, 3.8) is 0 Å². The maximum absolute atomic E-state index is 11.8. The summed E-state index contributed by atoms with van der Waals surface area (Å²) >= 11 is 5.09. The highest BCUT2D eigenvalue weighted by Crippen LogP contribution is 2.15. The van der Waals surface area contributed by atoms with E-state index in [1.54, 1.807) is 55.6 Å². The van der Waals surface area contributed by atoms with Gasteiger partial charge in [-0.25, -0.2) is 4.79 Å². The maximum atomic E-state index is 11.8. The van der Waals surface area contributed by atoms with Crippen LogP contribution in [0.25, 0.3) is 0 Å². The standard InChI is InChI=1S/C18H19N3O5S/c1-24-14-9-5-13(6-10-14)19-18(27)21-20-16(22)11-26-15-7-3-12(4-8-15)17(23)25-2/h3-10H,11H2,1-2H3,(H,20,22)(H2,19,21,27). The fourth-order valence-corrected chi connectivity index (χ4v) is 2.12. The average Bonchev–Trinajstić information content (AvgIpc) is 2.71. The molecule has 9 heteroatoms. The lowest BCUT2D eigenvalue weighted by Crippen LogP contribution is -2.45. The molecular weight excluding hydrogens is 370 g/mol. The Bertz CT molecular complexity index is 794. The molecule has 8 nitrogen and oxygen atoms in total. The van der Waals surface area contributed by atoms with Crippen molar-refractivity contribution in [1.82, 2.24) is 10.9 Å². The molecule has 0 aliphatic rings. The monoisotopic (exact) mass is 389 g/mol. The second kappa shape index (κ2) is 9.97. The van der Waals surface area contributed by atoms with E-state index in [1.807, 2.05) is 0 Å². The summed E-state index contributed by atoms with van der Waals surface area (Å²) < 4.78 is 15.0. The van der Waals surface area contributed by atoms with Crippen molar-refractivity contribution in [2.45, 2.75) is 0 Å². The van der Waals surface area contributed by atoms with Crippen LogP contribution >= 0.6 is 12.2 Å². The number of hydrogen-bond donors (Lipinski definition) is 3. The van der Waals surface area contributed by atoms with Crippen molar-refractivity contribution in [3.8, 4) is 11.5 Å². The third kappa shape index (κ3) is 6.48. The van der Waals surface area contributed by atoms with Gasteiger partial charge in [0.2, 0.25) is 0 Å². The van der Waals surface area contributed by atoms with Crippen LogP contribution in [-0.2, 0) is 9.53 Å². The van der Waals surface area contributed by atoms with E-state index in [-0.39, 0.29) is 11.7 Å². The highest BCUT2D eigenvalue weighted by atomic mass is 32.1. The van der Waals surface area contributed by atoms with E-state index in [0.717, 1.165) is 11.4 Å². The fourth-order valence-electron chi connectivity index (χ4n) is 1.95. The fraction of sp³-hybridized carbons (Fsp3) is 0.167. The normalized spacial score (nSPS) is 9.70. The number of amides is 1. The van der Waals surface area contributed by atoms with Crippen LogP contribution in [0.2, 0.25) is 0 Å². The highest BCUT2D eigenvalue weighted by Gasteiger charge is 2.07. The van der Waals surface area contributed by atoms with Gasteiger partial charge in [0.15, 0.2) is 11.7 Å². The zero-order valence-electron chi connectivity index (χ0n) is 14.8. The van der Waals surface area contributed by atoms with Gasteiger partial charge in [-0.3, -0.25) is 15.6 Å². The smallest absolute Gasteiger partial charge is 0.337 e. The predicted octanol–water partition coefficient (Wildman–Crippen LogP) is 1.88. The predicted molar refractivity (Wildman–Crippen MR) is 104 cm³/mol. The highest BCUT2D eigenvalue weighted by molar-refractivity contribution is 7.80. The molecule has 2 aromatic carbocycles. The van der Waals surface area contributed by atoms with Crippen molar-refractivity contribution in [2.24, 2.45) is 0 Å². The number of hydrazine groups is 1. The summed E-state index contributed by atoms with van der Waals surface area (Å²) in [4.78, 5) is 23.1. The number of carbonyl (C=O) groups is 2. The third-order valence-corrected chi connectivity index (χ3v) is 3.51. The molecule has 142 valence electrons. The molecule has 0 bridgehead atoms. The first kappa shape index (κ1) is 20.0. The Morgan fingerprint density at radius 1 is 0.926 bits per heavy atom. The summed E-state index contributed by atoms with van der Waals surface area (Å²) in [7, 11) is 2.89. The van der Waals surface area contributed by atoms with Gasteiger partial charge in [-0.05, 0) is 60.7 Å². The lowest BCUT2D eigenvalue weighted by molar-refractivity contribution is -0.123. The second-order valence-corrected chi connectivity index (χ2v) is 5.57. The molecule has 0 spiro atoms. The van der Waals surface area contributed by atoms with Crippen molar-refractivity contribution in [1.29, 1.82) is 0 Å². The van der Waals surface area contributed by atoms with Gasteiger partial charge >= 0.3 is 5.97 Å². The molecule has 0 saturated carbocycles. The third-order valence-electron chi connectivity index (χ3n) is 3.31. The van der Waals surface area contributed by atoms with E-state index in [0.29, 0.717) is 11.3 Å². The zero-order valence-corrected chi connectivity index (χ0v) is 15.6. The SMILES string of the molecule is COC(=O)c1ccc(OCC(=O)NNC(=S)Nc2ccc(OC)cc2)cc1. The number of carbonyl (C=O) groups excluding carboxylic acids is 2. The van der Waals surface area contributed by atoms with Crippen LogP contribution in [0, 0.1) is 0 Å². The minimum Gasteiger partial charge on any atom is -0.497 e. The van der Waals surface area contributed by atoms with Crippen LogP contribution in [0.15, 0.2) is 48.5 Å². The van der Waals surface area contributed by atoms with Crippen LogP contribution in [0.4, 0.5) is 5.69 Å². The molecule has 0 aliphatic carbocycles. The molecule has 0 aromatic heterocycles. The van der Waals surface area contributed by atoms with Crippen LogP contribution in [-0.4, -0.2) is 37.8 Å². The summed E-state index contributed by atoms with van der Waals surface area (Å²) in [5.41, 5.74) is 6.13. The molecule has 0 aliphatic heterocycles. The summed E-state index contributed by atoms with van der Waals surface area (Å²) in [6, 6.07) is 13.4. The van der Waals surface area contributed by atoms with Gasteiger partial charge in [-0.1, -0.05) is 0 Å². The summed E-state index contributed by atoms with van der Waals surface area (Å²) in [6.45, 7) is -0.226. The number of nitrogens with one attached hydrogen (secondary N) is 3. The Morgan fingerprint density at radius 2 is 1.56 bits per heavy atom. The van der Waals surface area contributed by atoms with Crippen molar-refractivity contribution >= 4 is 34.9 Å². The summed E-state index contributed by atoms with van der Waals surface area (Å²) in [5, 5.41) is 3.13. The van der Waals surface area contributed by atoms with E-state index in [2.05, 4.69) is 20.9 Å². The quantitative estimate of drug-likeness (QED) is 0.391. The van der Waals surface area contributed by atoms with Crippen LogP contribution in [0.1, 0.15) is 10.4 Å². The second-order valence-electron chi connectivity index (χ2n) is 5.16. The van der Waals surface area contributed by atoms with Gasteiger partial charge < -0.3 is 19.5 Å².